The fraction of sp³-hybridized carbons (Fsp3) is 0.222. The van der Waals surface area contributed by atoms with Gasteiger partial charge in [0.05, 0.1) is 6.42 Å². The van der Waals surface area contributed by atoms with Crippen molar-refractivity contribution >= 4 is 28.5 Å². The quantitative estimate of drug-likeness (QED) is 0.772. The van der Waals surface area contributed by atoms with Crippen molar-refractivity contribution in [3.63, 3.8) is 0 Å². The number of carbonyl (C=O) groups is 1. The van der Waals surface area contributed by atoms with Gasteiger partial charge in [0.15, 0.2) is 0 Å². The van der Waals surface area contributed by atoms with Crippen molar-refractivity contribution in [2.45, 2.75) is 24.8 Å². The average molecular weight is 326 g/mol. The van der Waals surface area contributed by atoms with Gasteiger partial charge in [-0.1, -0.05) is 23.7 Å². The first kappa shape index (κ1) is 14.3. The minimum Gasteiger partial charge on any atom is -0.352 e. The highest BCUT2D eigenvalue weighted by atomic mass is 35.5. The Bertz CT molecular complexity index is 873. The first-order valence-corrected chi connectivity index (χ1v) is 8.04. The van der Waals surface area contributed by atoms with Crippen LogP contribution in [0.15, 0.2) is 48.8 Å². The van der Waals surface area contributed by atoms with E-state index < -0.39 is 0 Å². The Kier molecular flexibility index (Phi) is 3.54. The summed E-state index contributed by atoms with van der Waals surface area (Å²) in [4.78, 5) is 19.6. The van der Waals surface area contributed by atoms with E-state index in [4.69, 9.17) is 11.6 Å². The van der Waals surface area contributed by atoms with E-state index in [1.807, 2.05) is 36.5 Å². The molecule has 1 fully saturated rings. The molecule has 1 saturated carbocycles. The SMILES string of the molecule is O=C(Cc1c[nH]c2ncccc12)N[C@@H]1C[C@H]1c1cccc(Cl)c1. The van der Waals surface area contributed by atoms with Crippen LogP contribution in [0, 0.1) is 0 Å². The predicted molar refractivity (Wildman–Crippen MR) is 90.5 cm³/mol. The van der Waals surface area contributed by atoms with Crippen LogP contribution in [0.5, 0.6) is 0 Å². The van der Waals surface area contributed by atoms with Gasteiger partial charge in [-0.2, -0.15) is 0 Å². The molecular formula is C18H16ClN3O. The van der Waals surface area contributed by atoms with Gasteiger partial charge in [0, 0.05) is 34.8 Å². The van der Waals surface area contributed by atoms with E-state index in [0.717, 1.165) is 28.0 Å². The molecule has 0 bridgehead atoms. The molecule has 4 rings (SSSR count). The topological polar surface area (TPSA) is 57.8 Å². The van der Waals surface area contributed by atoms with Crippen LogP contribution in [0.3, 0.4) is 0 Å². The number of nitrogens with zero attached hydrogens (tertiary/aromatic N) is 1. The lowest BCUT2D eigenvalue weighted by Gasteiger charge is -2.05. The third-order valence-electron chi connectivity index (χ3n) is 4.30. The number of carbonyl (C=O) groups excluding carboxylic acids is 1. The summed E-state index contributed by atoms with van der Waals surface area (Å²) in [5.41, 5.74) is 2.99. The number of aromatic amines is 1. The predicted octanol–water partition coefficient (Wildman–Crippen LogP) is 3.43. The summed E-state index contributed by atoms with van der Waals surface area (Å²) < 4.78 is 0. The summed E-state index contributed by atoms with van der Waals surface area (Å²) in [5.74, 6) is 0.423. The van der Waals surface area contributed by atoms with Crippen LogP contribution in [0.2, 0.25) is 5.02 Å². The van der Waals surface area contributed by atoms with Crippen molar-refractivity contribution in [1.29, 1.82) is 0 Å². The summed E-state index contributed by atoms with van der Waals surface area (Å²) >= 11 is 6.02. The standard InChI is InChI=1S/C18H16ClN3O/c19-13-4-1-3-11(7-13)15-9-16(15)22-17(23)8-12-10-21-18-14(12)5-2-6-20-18/h1-7,10,15-16H,8-9H2,(H,20,21)(H,22,23)/t15-,16+/m0/s1. The highest BCUT2D eigenvalue weighted by Crippen LogP contribution is 2.41. The number of hydrogen-bond acceptors (Lipinski definition) is 2. The third kappa shape index (κ3) is 2.94. The Morgan fingerprint density at radius 1 is 1.35 bits per heavy atom. The van der Waals surface area contributed by atoms with Crippen LogP contribution in [-0.4, -0.2) is 21.9 Å². The van der Waals surface area contributed by atoms with E-state index >= 15 is 0 Å². The molecular weight excluding hydrogens is 310 g/mol. The number of fused-ring (bicyclic) bond motifs is 1. The molecule has 2 heterocycles. The van der Waals surface area contributed by atoms with Gasteiger partial charge < -0.3 is 10.3 Å². The highest BCUT2D eigenvalue weighted by Gasteiger charge is 2.39. The lowest BCUT2D eigenvalue weighted by molar-refractivity contribution is -0.120. The maximum atomic E-state index is 12.3. The zero-order valence-corrected chi connectivity index (χ0v) is 13.2. The van der Waals surface area contributed by atoms with Crippen LogP contribution in [0.25, 0.3) is 11.0 Å². The molecule has 116 valence electrons. The Balaban J connectivity index is 1.40. The number of amides is 1. The number of aromatic nitrogens is 2. The summed E-state index contributed by atoms with van der Waals surface area (Å²) in [7, 11) is 0. The van der Waals surface area contributed by atoms with Gasteiger partial charge in [-0.25, -0.2) is 4.98 Å². The molecule has 0 radical (unpaired) electrons. The molecule has 2 N–H and O–H groups in total. The highest BCUT2D eigenvalue weighted by molar-refractivity contribution is 6.30. The number of H-pyrrole nitrogens is 1. The van der Waals surface area contributed by atoms with Gasteiger partial charge in [-0.05, 0) is 41.8 Å². The fourth-order valence-corrected chi connectivity index (χ4v) is 3.25. The van der Waals surface area contributed by atoms with E-state index in [-0.39, 0.29) is 11.9 Å². The van der Waals surface area contributed by atoms with Crippen LogP contribution < -0.4 is 5.32 Å². The molecule has 1 aliphatic rings. The Morgan fingerprint density at radius 3 is 3.13 bits per heavy atom. The molecule has 5 heteroatoms. The molecule has 0 spiro atoms. The van der Waals surface area contributed by atoms with Crippen LogP contribution in [0.4, 0.5) is 0 Å². The summed E-state index contributed by atoms with van der Waals surface area (Å²) in [6, 6.07) is 11.9. The molecule has 1 amide bonds. The molecule has 1 aromatic carbocycles. The van der Waals surface area contributed by atoms with E-state index in [1.54, 1.807) is 6.20 Å². The molecule has 0 aliphatic heterocycles. The fourth-order valence-electron chi connectivity index (χ4n) is 3.05. The van der Waals surface area contributed by atoms with Crippen LogP contribution in [-0.2, 0) is 11.2 Å². The second-order valence-electron chi connectivity index (χ2n) is 5.96. The largest absolute Gasteiger partial charge is 0.352 e. The number of halogens is 1. The van der Waals surface area contributed by atoms with Gasteiger partial charge in [-0.3, -0.25) is 4.79 Å². The van der Waals surface area contributed by atoms with Crippen molar-refractivity contribution in [1.82, 2.24) is 15.3 Å². The van der Waals surface area contributed by atoms with Crippen molar-refractivity contribution in [2.24, 2.45) is 0 Å². The van der Waals surface area contributed by atoms with Gasteiger partial charge >= 0.3 is 0 Å². The zero-order valence-electron chi connectivity index (χ0n) is 12.4. The minimum atomic E-state index is 0.0456. The van der Waals surface area contributed by atoms with E-state index in [0.29, 0.717) is 12.3 Å². The molecule has 3 aromatic rings. The number of nitrogens with one attached hydrogen (secondary N) is 2. The van der Waals surface area contributed by atoms with Crippen molar-refractivity contribution < 1.29 is 4.79 Å². The molecule has 23 heavy (non-hydrogen) atoms. The number of pyridine rings is 1. The minimum absolute atomic E-state index is 0.0456. The zero-order chi connectivity index (χ0) is 15.8. The molecule has 0 saturated heterocycles. The van der Waals surface area contributed by atoms with E-state index in [2.05, 4.69) is 21.4 Å². The lowest BCUT2D eigenvalue weighted by atomic mass is 10.1. The average Bonchev–Trinajstić information content (AvgIpc) is 3.19. The molecule has 2 atom stereocenters. The van der Waals surface area contributed by atoms with Crippen molar-refractivity contribution in [3.05, 3.63) is 64.9 Å². The first-order chi connectivity index (χ1) is 11.2. The number of benzene rings is 1. The first-order valence-electron chi connectivity index (χ1n) is 7.66. The Hall–Kier alpha value is -2.33. The third-order valence-corrected chi connectivity index (χ3v) is 4.54. The van der Waals surface area contributed by atoms with Crippen LogP contribution >= 0.6 is 11.6 Å². The van der Waals surface area contributed by atoms with Gasteiger partial charge in [0.25, 0.3) is 0 Å². The summed E-state index contributed by atoms with van der Waals surface area (Å²) in [5, 5.41) is 4.85. The monoisotopic (exact) mass is 325 g/mol. The normalized spacial score (nSPS) is 19.7. The van der Waals surface area contributed by atoms with E-state index in [9.17, 15) is 4.79 Å². The Labute approximate surface area is 138 Å². The number of hydrogen-bond donors (Lipinski definition) is 2. The van der Waals surface area contributed by atoms with Gasteiger partial charge in [-0.15, -0.1) is 0 Å². The van der Waals surface area contributed by atoms with Crippen LogP contribution in [0.1, 0.15) is 23.5 Å². The van der Waals surface area contributed by atoms with Crippen molar-refractivity contribution in [2.75, 3.05) is 0 Å². The second kappa shape index (κ2) is 5.70. The lowest BCUT2D eigenvalue weighted by Crippen LogP contribution is -2.28. The molecule has 4 nitrogen and oxygen atoms in total. The van der Waals surface area contributed by atoms with Gasteiger partial charge in [0.1, 0.15) is 5.65 Å². The molecule has 1 aliphatic carbocycles. The summed E-state index contributed by atoms with van der Waals surface area (Å²) in [6.45, 7) is 0. The van der Waals surface area contributed by atoms with Crippen molar-refractivity contribution in [3.8, 4) is 0 Å². The maximum Gasteiger partial charge on any atom is 0.224 e. The number of rotatable bonds is 4. The molecule has 2 aromatic heterocycles. The van der Waals surface area contributed by atoms with Gasteiger partial charge in [0.2, 0.25) is 5.91 Å². The molecule has 0 unspecified atom stereocenters. The Morgan fingerprint density at radius 2 is 2.26 bits per heavy atom. The smallest absolute Gasteiger partial charge is 0.224 e. The second-order valence-corrected chi connectivity index (χ2v) is 6.40. The van der Waals surface area contributed by atoms with E-state index in [1.165, 1.54) is 5.56 Å². The maximum absolute atomic E-state index is 12.3. The summed E-state index contributed by atoms with van der Waals surface area (Å²) in [6.07, 6.45) is 4.94.